The van der Waals surface area contributed by atoms with Crippen LogP contribution in [0.15, 0.2) is 53.0 Å². The molecule has 5 rings (SSSR count). The molecule has 12 heteroatoms. The van der Waals surface area contributed by atoms with Crippen molar-refractivity contribution in [3.05, 3.63) is 69.9 Å². The van der Waals surface area contributed by atoms with Gasteiger partial charge in [-0.1, -0.05) is 46.3 Å². The summed E-state index contributed by atoms with van der Waals surface area (Å²) in [4.78, 5) is 28.4. The molecule has 5 atom stereocenters. The summed E-state index contributed by atoms with van der Waals surface area (Å²) < 4.78 is 45.0. The third kappa shape index (κ3) is 7.89. The maximum atomic E-state index is 14.8. The fraction of sp³-hybridized carbons (Fsp3) is 0.562. The Kier molecular flexibility index (Phi) is 9.86. The molecule has 1 N–H and O–H groups in total. The van der Waals surface area contributed by atoms with Crippen LogP contribution >= 0.6 is 15.9 Å². The van der Waals surface area contributed by atoms with Crippen molar-refractivity contribution in [1.29, 1.82) is 0 Å². The molecular weight excluding hydrogens is 637 g/mol. The van der Waals surface area contributed by atoms with Crippen molar-refractivity contribution in [3.8, 4) is 0 Å². The number of carbonyl (C=O) groups excluding carboxylic acids is 2. The number of nitrogens with zero attached hydrogens (tertiary/aromatic N) is 2. The molecule has 44 heavy (non-hydrogen) atoms. The van der Waals surface area contributed by atoms with Crippen LogP contribution in [0.4, 0.5) is 14.0 Å². The van der Waals surface area contributed by atoms with Crippen LogP contribution in [0.5, 0.6) is 0 Å². The van der Waals surface area contributed by atoms with Crippen LogP contribution in [0.2, 0.25) is 0 Å². The summed E-state index contributed by atoms with van der Waals surface area (Å²) in [5.74, 6) is -0.435. The standard InChI is InChI=1S/C32H41BrFN3O7/c1-31(2,3)44-30(39)37-25(16-20-10-12-22(33)13-11-20)26(43-32(37,4)5)18-36(17-21-8-6-7-9-24(21)34)35-29(38)42-27-19-41-28-23(27)14-15-40-28/h6-13,23,25-28H,14-19H2,1-5H3,(H,35,38)/t23-,25+,26-,27-,28+/m0/s1. The molecule has 3 aliphatic heterocycles. The summed E-state index contributed by atoms with van der Waals surface area (Å²) in [7, 11) is 0. The number of hydrazine groups is 1. The van der Waals surface area contributed by atoms with Crippen molar-refractivity contribution in [2.24, 2.45) is 5.92 Å². The highest BCUT2D eigenvalue weighted by molar-refractivity contribution is 9.10. The minimum atomic E-state index is -1.03. The van der Waals surface area contributed by atoms with Gasteiger partial charge < -0.3 is 23.7 Å². The van der Waals surface area contributed by atoms with Gasteiger partial charge in [0.05, 0.1) is 31.3 Å². The second kappa shape index (κ2) is 13.3. The summed E-state index contributed by atoms with van der Waals surface area (Å²) in [6, 6.07) is 13.8. The van der Waals surface area contributed by atoms with Crippen molar-refractivity contribution in [2.45, 2.75) is 89.9 Å². The number of rotatable bonds is 8. The number of hydrogen-bond acceptors (Lipinski definition) is 8. The molecule has 0 saturated carbocycles. The predicted octanol–water partition coefficient (Wildman–Crippen LogP) is 5.78. The molecule has 10 nitrogen and oxygen atoms in total. The van der Waals surface area contributed by atoms with Crippen LogP contribution in [-0.4, -0.2) is 77.7 Å². The Morgan fingerprint density at radius 3 is 2.57 bits per heavy atom. The maximum absolute atomic E-state index is 14.8. The molecule has 0 unspecified atom stereocenters. The molecule has 2 aromatic rings. The quantitative estimate of drug-likeness (QED) is 0.352. The van der Waals surface area contributed by atoms with Crippen molar-refractivity contribution in [1.82, 2.24) is 15.3 Å². The highest BCUT2D eigenvalue weighted by Gasteiger charge is 2.52. The van der Waals surface area contributed by atoms with Crippen molar-refractivity contribution >= 4 is 28.1 Å². The maximum Gasteiger partial charge on any atom is 0.422 e. The van der Waals surface area contributed by atoms with Crippen molar-refractivity contribution in [3.63, 3.8) is 0 Å². The fourth-order valence-electron chi connectivity index (χ4n) is 6.02. The summed E-state index contributed by atoms with van der Waals surface area (Å²) in [6.45, 7) is 10.0. The van der Waals surface area contributed by atoms with Gasteiger partial charge in [0.15, 0.2) is 6.29 Å². The van der Waals surface area contributed by atoms with Gasteiger partial charge in [-0.2, -0.15) is 0 Å². The lowest BCUT2D eigenvalue weighted by molar-refractivity contribution is -0.0909. The van der Waals surface area contributed by atoms with Gasteiger partial charge in [-0.05, 0) is 71.2 Å². The molecule has 2 aromatic carbocycles. The summed E-state index contributed by atoms with van der Waals surface area (Å²) in [5, 5.41) is 1.58. The van der Waals surface area contributed by atoms with E-state index in [-0.39, 0.29) is 31.9 Å². The molecule has 3 aliphatic rings. The average Bonchev–Trinajstić information content (AvgIpc) is 3.60. The third-order valence-electron chi connectivity index (χ3n) is 7.94. The number of ether oxygens (including phenoxy) is 5. The lowest BCUT2D eigenvalue weighted by Crippen LogP contribution is -2.53. The van der Waals surface area contributed by atoms with Gasteiger partial charge in [-0.25, -0.2) is 19.0 Å². The Balaban J connectivity index is 1.40. The van der Waals surface area contributed by atoms with Crippen LogP contribution in [0.1, 0.15) is 52.2 Å². The van der Waals surface area contributed by atoms with E-state index in [9.17, 15) is 14.0 Å². The van der Waals surface area contributed by atoms with Crippen LogP contribution in [0, 0.1) is 11.7 Å². The summed E-state index contributed by atoms with van der Waals surface area (Å²) in [5.41, 5.74) is 2.43. The Hall–Kier alpha value is -2.77. The minimum absolute atomic E-state index is 0.0302. The molecule has 3 saturated heterocycles. The molecule has 0 radical (unpaired) electrons. The van der Waals surface area contributed by atoms with E-state index in [2.05, 4.69) is 21.4 Å². The third-order valence-corrected chi connectivity index (χ3v) is 8.47. The second-order valence-electron chi connectivity index (χ2n) is 12.9. The first-order chi connectivity index (χ1) is 20.8. The molecule has 0 aliphatic carbocycles. The molecular formula is C32H41BrFN3O7. The molecule has 2 amide bonds. The summed E-state index contributed by atoms with van der Waals surface area (Å²) >= 11 is 3.48. The van der Waals surface area contributed by atoms with E-state index in [4.69, 9.17) is 23.7 Å². The average molecular weight is 679 g/mol. The first-order valence-corrected chi connectivity index (χ1v) is 15.7. The van der Waals surface area contributed by atoms with Crippen molar-refractivity contribution < 1.29 is 37.7 Å². The van der Waals surface area contributed by atoms with Gasteiger partial charge in [0.2, 0.25) is 0 Å². The summed E-state index contributed by atoms with van der Waals surface area (Å²) in [6.07, 6.45) is -1.40. The zero-order valence-electron chi connectivity index (χ0n) is 25.8. The van der Waals surface area contributed by atoms with E-state index in [1.807, 2.05) is 58.9 Å². The number of halogens is 2. The van der Waals surface area contributed by atoms with Gasteiger partial charge in [-0.3, -0.25) is 10.3 Å². The second-order valence-corrected chi connectivity index (χ2v) is 13.8. The van der Waals surface area contributed by atoms with E-state index in [1.54, 1.807) is 28.1 Å². The minimum Gasteiger partial charge on any atom is -0.444 e. The predicted molar refractivity (Wildman–Crippen MR) is 163 cm³/mol. The zero-order chi connectivity index (χ0) is 31.6. The fourth-order valence-corrected chi connectivity index (χ4v) is 6.29. The Bertz CT molecular complexity index is 1320. The molecule has 240 valence electrons. The van der Waals surface area contributed by atoms with Crippen molar-refractivity contribution in [2.75, 3.05) is 19.8 Å². The van der Waals surface area contributed by atoms with Crippen LogP contribution in [-0.2, 0) is 36.6 Å². The SMILES string of the molecule is CC(C)(C)OC(=O)N1[C@H](Cc2ccc(Br)cc2)[C@H](CN(Cc2ccccc2F)NC(=O)O[C@H]2CO[C@H]3OCC[C@H]32)OC1(C)C. The molecule has 3 heterocycles. The highest BCUT2D eigenvalue weighted by Crippen LogP contribution is 2.36. The van der Waals surface area contributed by atoms with E-state index in [1.165, 1.54) is 6.07 Å². The molecule has 0 aromatic heterocycles. The lowest BCUT2D eigenvalue weighted by atomic mass is 10.00. The number of carbonyl (C=O) groups is 2. The largest absolute Gasteiger partial charge is 0.444 e. The van der Waals surface area contributed by atoms with Gasteiger partial charge in [0.1, 0.15) is 23.2 Å². The highest BCUT2D eigenvalue weighted by atomic mass is 79.9. The van der Waals surface area contributed by atoms with E-state index in [0.717, 1.165) is 16.5 Å². The monoisotopic (exact) mass is 677 g/mol. The topological polar surface area (TPSA) is 98.8 Å². The van der Waals surface area contributed by atoms with E-state index < -0.39 is 47.6 Å². The number of nitrogens with one attached hydrogen (secondary N) is 1. The van der Waals surface area contributed by atoms with Crippen LogP contribution < -0.4 is 5.43 Å². The van der Waals surface area contributed by atoms with E-state index in [0.29, 0.717) is 18.6 Å². The first-order valence-electron chi connectivity index (χ1n) is 14.9. The van der Waals surface area contributed by atoms with Crippen LogP contribution in [0.25, 0.3) is 0 Å². The Morgan fingerprint density at radius 1 is 1.14 bits per heavy atom. The molecule has 0 spiro atoms. The number of benzene rings is 2. The van der Waals surface area contributed by atoms with Gasteiger partial charge in [0.25, 0.3) is 0 Å². The Labute approximate surface area is 266 Å². The number of amides is 2. The first kappa shape index (κ1) is 32.6. The van der Waals surface area contributed by atoms with Gasteiger partial charge in [-0.15, -0.1) is 0 Å². The van der Waals surface area contributed by atoms with E-state index >= 15 is 0 Å². The van der Waals surface area contributed by atoms with Crippen LogP contribution in [0.3, 0.4) is 0 Å². The number of fused-ring (bicyclic) bond motifs is 1. The zero-order valence-corrected chi connectivity index (χ0v) is 27.3. The number of hydrogen-bond donors (Lipinski definition) is 1. The normalized spacial score (nSPS) is 26.1. The smallest absolute Gasteiger partial charge is 0.422 e. The Morgan fingerprint density at radius 2 is 1.86 bits per heavy atom. The van der Waals surface area contributed by atoms with Gasteiger partial charge in [0, 0.05) is 23.1 Å². The molecule has 0 bridgehead atoms. The van der Waals surface area contributed by atoms with Gasteiger partial charge >= 0.3 is 12.2 Å². The lowest BCUT2D eigenvalue weighted by Gasteiger charge is -2.35. The molecule has 3 fully saturated rings.